The number of hydrogen-bond acceptors (Lipinski definition) is 10. The zero-order valence-electron chi connectivity index (χ0n) is 15.7. The first-order chi connectivity index (χ1) is 15.0. The number of rotatable bonds is 7. The van der Waals surface area contributed by atoms with Crippen molar-refractivity contribution < 1.29 is 19.2 Å². The lowest BCUT2D eigenvalue weighted by molar-refractivity contribution is -0.384. The number of carbonyl (C=O) groups is 2. The molecule has 31 heavy (non-hydrogen) atoms. The summed E-state index contributed by atoms with van der Waals surface area (Å²) in [4.78, 5) is 39.6. The summed E-state index contributed by atoms with van der Waals surface area (Å²) >= 11 is 1.07. The van der Waals surface area contributed by atoms with Gasteiger partial charge in [0.15, 0.2) is 18.3 Å². The van der Waals surface area contributed by atoms with Crippen LogP contribution in [0.15, 0.2) is 48.5 Å². The number of thiazole rings is 1. The molecule has 0 spiro atoms. The summed E-state index contributed by atoms with van der Waals surface area (Å²) in [5.41, 5.74) is 1.19. The van der Waals surface area contributed by atoms with Crippen LogP contribution in [0.2, 0.25) is 0 Å². The Balaban J connectivity index is 1.30. The lowest BCUT2D eigenvalue weighted by Gasteiger charge is -2.03. The molecule has 0 bridgehead atoms. The van der Waals surface area contributed by atoms with Crippen molar-refractivity contribution in [2.45, 2.75) is 6.54 Å². The van der Waals surface area contributed by atoms with Gasteiger partial charge in [0.05, 0.1) is 15.1 Å². The largest absolute Gasteiger partial charge is 0.454 e. The predicted molar refractivity (Wildman–Crippen MR) is 109 cm³/mol. The van der Waals surface area contributed by atoms with Crippen LogP contribution in [0.5, 0.6) is 0 Å². The Morgan fingerprint density at radius 1 is 1.19 bits per heavy atom. The van der Waals surface area contributed by atoms with E-state index in [1.54, 1.807) is 0 Å². The van der Waals surface area contributed by atoms with Crippen LogP contribution in [-0.4, -0.2) is 48.6 Å². The Bertz CT molecular complexity index is 1270. The third-order valence-electron chi connectivity index (χ3n) is 3.95. The van der Waals surface area contributed by atoms with Crippen LogP contribution in [0.25, 0.3) is 21.6 Å². The first kappa shape index (κ1) is 20.0. The molecule has 2 heterocycles. The number of nitro benzene ring substituents is 1. The molecule has 4 rings (SSSR count). The maximum absolute atomic E-state index is 12.0. The summed E-state index contributed by atoms with van der Waals surface area (Å²) in [6.45, 7) is -0.840. The summed E-state index contributed by atoms with van der Waals surface area (Å²) in [5, 5.41) is 25.3. The van der Waals surface area contributed by atoms with Crippen LogP contribution >= 0.6 is 11.3 Å². The van der Waals surface area contributed by atoms with Gasteiger partial charge in [-0.3, -0.25) is 20.2 Å². The van der Waals surface area contributed by atoms with Crippen LogP contribution in [0.3, 0.4) is 0 Å². The number of nitro groups is 1. The van der Waals surface area contributed by atoms with Gasteiger partial charge in [0.1, 0.15) is 0 Å². The third-order valence-corrected chi connectivity index (χ3v) is 4.88. The van der Waals surface area contributed by atoms with Crippen LogP contribution in [-0.2, 0) is 20.9 Å². The van der Waals surface area contributed by atoms with Crippen molar-refractivity contribution in [2.75, 3.05) is 11.9 Å². The number of nitrogens with one attached hydrogen (secondary N) is 1. The zero-order valence-corrected chi connectivity index (χ0v) is 16.5. The minimum Gasteiger partial charge on any atom is -0.454 e. The van der Waals surface area contributed by atoms with Crippen molar-refractivity contribution in [3.63, 3.8) is 0 Å². The summed E-state index contributed by atoms with van der Waals surface area (Å²) in [7, 11) is 0. The maximum atomic E-state index is 12.0. The van der Waals surface area contributed by atoms with Gasteiger partial charge >= 0.3 is 5.97 Å². The number of ether oxygens (including phenoxy) is 1. The van der Waals surface area contributed by atoms with Crippen LogP contribution in [0, 0.1) is 10.1 Å². The number of benzene rings is 2. The number of nitrogens with zero attached hydrogens (tertiary/aromatic N) is 6. The molecule has 13 heteroatoms. The van der Waals surface area contributed by atoms with Gasteiger partial charge in [-0.2, -0.15) is 4.80 Å². The smallest absolute Gasteiger partial charge is 0.330 e. The van der Waals surface area contributed by atoms with E-state index in [9.17, 15) is 19.7 Å². The molecule has 0 aliphatic rings. The minimum absolute atomic E-state index is 0.0694. The topological polar surface area (TPSA) is 155 Å². The minimum atomic E-state index is -0.716. The van der Waals surface area contributed by atoms with Crippen molar-refractivity contribution in [3.05, 3.63) is 58.6 Å². The monoisotopic (exact) mass is 439 g/mol. The van der Waals surface area contributed by atoms with Crippen molar-refractivity contribution in [1.82, 2.24) is 25.2 Å². The fourth-order valence-electron chi connectivity index (χ4n) is 2.56. The van der Waals surface area contributed by atoms with E-state index in [4.69, 9.17) is 4.74 Å². The summed E-state index contributed by atoms with van der Waals surface area (Å²) in [6, 6.07) is 13.3. The molecule has 2 aromatic heterocycles. The lowest BCUT2D eigenvalue weighted by atomic mass is 10.2. The van der Waals surface area contributed by atoms with Gasteiger partial charge in [0, 0.05) is 17.7 Å². The Labute approximate surface area is 177 Å². The Morgan fingerprint density at radius 3 is 2.77 bits per heavy atom. The maximum Gasteiger partial charge on any atom is 0.330 e. The van der Waals surface area contributed by atoms with Crippen molar-refractivity contribution >= 4 is 44.2 Å². The molecule has 0 unspecified atom stereocenters. The quantitative estimate of drug-likeness (QED) is 0.259. The SMILES string of the molecule is O=C(COC(=O)Cn1nnc(-c2ccccc2)n1)Nc1nc2ccc([N+](=O)[O-])cc2s1. The van der Waals surface area contributed by atoms with Gasteiger partial charge < -0.3 is 4.74 Å². The number of aromatic nitrogens is 5. The molecule has 1 amide bonds. The Hall–Kier alpha value is -4.26. The summed E-state index contributed by atoms with van der Waals surface area (Å²) in [6.07, 6.45) is 0. The van der Waals surface area contributed by atoms with E-state index in [0.717, 1.165) is 21.7 Å². The van der Waals surface area contributed by atoms with Gasteiger partial charge in [-0.25, -0.2) is 9.78 Å². The molecular weight excluding hydrogens is 426 g/mol. The fraction of sp³-hybridized carbons (Fsp3) is 0.111. The highest BCUT2D eigenvalue weighted by molar-refractivity contribution is 7.22. The molecule has 0 saturated heterocycles. The first-order valence-electron chi connectivity index (χ1n) is 8.81. The van der Waals surface area contributed by atoms with Gasteiger partial charge in [-0.05, 0) is 11.3 Å². The molecule has 2 aromatic carbocycles. The van der Waals surface area contributed by atoms with Crippen molar-refractivity contribution in [3.8, 4) is 11.4 Å². The van der Waals surface area contributed by atoms with Gasteiger partial charge in [0.2, 0.25) is 5.82 Å². The molecule has 0 radical (unpaired) electrons. The van der Waals surface area contributed by atoms with Gasteiger partial charge in [0.25, 0.3) is 11.6 Å². The predicted octanol–water partition coefficient (Wildman–Crippen LogP) is 2.04. The van der Waals surface area contributed by atoms with Crippen molar-refractivity contribution in [2.24, 2.45) is 0 Å². The number of non-ortho nitro benzene ring substituents is 1. The second-order valence-electron chi connectivity index (χ2n) is 6.15. The summed E-state index contributed by atoms with van der Waals surface area (Å²) in [5.74, 6) is -0.951. The van der Waals surface area contributed by atoms with E-state index >= 15 is 0 Å². The van der Waals surface area contributed by atoms with Gasteiger partial charge in [-0.1, -0.05) is 41.7 Å². The standard InChI is InChI=1S/C18H13N7O5S/c26-15(20-18-19-13-7-6-12(25(28)29)8-14(13)31-18)10-30-16(27)9-24-22-17(21-23-24)11-4-2-1-3-5-11/h1-8H,9-10H2,(H,19,20,26). The number of esters is 1. The van der Waals surface area contributed by atoms with Crippen LogP contribution < -0.4 is 5.32 Å². The summed E-state index contributed by atoms with van der Waals surface area (Å²) < 4.78 is 5.48. The van der Waals surface area contributed by atoms with Crippen LogP contribution in [0.4, 0.5) is 10.8 Å². The first-order valence-corrected chi connectivity index (χ1v) is 9.63. The second kappa shape index (κ2) is 8.62. The Kier molecular flexibility index (Phi) is 5.57. The van der Waals surface area contributed by atoms with E-state index in [1.165, 1.54) is 18.2 Å². The molecular formula is C18H13N7O5S. The highest BCUT2D eigenvalue weighted by atomic mass is 32.1. The van der Waals surface area contributed by atoms with E-state index in [-0.39, 0.29) is 17.4 Å². The average molecular weight is 439 g/mol. The molecule has 12 nitrogen and oxygen atoms in total. The number of tetrazole rings is 1. The molecule has 156 valence electrons. The average Bonchev–Trinajstić information content (AvgIpc) is 3.38. The number of hydrogen-bond donors (Lipinski definition) is 1. The number of fused-ring (bicyclic) bond motifs is 1. The molecule has 1 N–H and O–H groups in total. The van der Waals surface area contributed by atoms with E-state index in [0.29, 0.717) is 16.0 Å². The van der Waals surface area contributed by atoms with E-state index in [2.05, 4.69) is 25.7 Å². The fourth-order valence-corrected chi connectivity index (χ4v) is 3.47. The van der Waals surface area contributed by atoms with Crippen molar-refractivity contribution in [1.29, 1.82) is 0 Å². The molecule has 0 aliphatic carbocycles. The van der Waals surface area contributed by atoms with E-state index < -0.39 is 23.4 Å². The molecule has 0 aliphatic heterocycles. The number of amides is 1. The lowest BCUT2D eigenvalue weighted by Crippen LogP contribution is -2.23. The highest BCUT2D eigenvalue weighted by Gasteiger charge is 2.14. The normalized spacial score (nSPS) is 10.7. The van der Waals surface area contributed by atoms with Gasteiger partial charge in [-0.15, -0.1) is 10.2 Å². The second-order valence-corrected chi connectivity index (χ2v) is 7.18. The third kappa shape index (κ3) is 4.84. The zero-order chi connectivity index (χ0) is 21.8. The molecule has 4 aromatic rings. The van der Waals surface area contributed by atoms with E-state index in [1.807, 2.05) is 30.3 Å². The molecule has 0 saturated carbocycles. The van der Waals surface area contributed by atoms with Crippen LogP contribution in [0.1, 0.15) is 0 Å². The molecule has 0 atom stereocenters. The molecule has 0 fully saturated rings. The Morgan fingerprint density at radius 2 is 2.00 bits per heavy atom. The number of carbonyl (C=O) groups excluding carboxylic acids is 2. The number of anilines is 1. The highest BCUT2D eigenvalue weighted by Crippen LogP contribution is 2.29.